The molecule has 2 heteroatoms. The Morgan fingerprint density at radius 2 is 0.871 bits per heavy atom. The van der Waals surface area contributed by atoms with Crippen LogP contribution in [0.25, 0.3) is 60.9 Å². The van der Waals surface area contributed by atoms with E-state index >= 15 is 0 Å². The van der Waals surface area contributed by atoms with E-state index in [2.05, 4.69) is 222 Å². The fraction of sp³-hybridized carbons (Fsp3) is 0.422. The Hall–Kier alpha value is -6.64. The summed E-state index contributed by atoms with van der Waals surface area (Å²) in [5, 5.41) is 2.75. The summed E-state index contributed by atoms with van der Waals surface area (Å²) in [6, 6.07) is 64.6. The van der Waals surface area contributed by atoms with E-state index in [-0.39, 0.29) is 5.41 Å². The van der Waals surface area contributed by atoms with E-state index in [4.69, 9.17) is 0 Å². The minimum atomic E-state index is 0.00399. The number of benzene rings is 8. The molecule has 9 aromatic rings. The zero-order valence-corrected chi connectivity index (χ0v) is 53.6. The lowest BCUT2D eigenvalue weighted by atomic mass is 9.70. The zero-order chi connectivity index (χ0) is 59.0. The molecule has 444 valence electrons. The maximum Gasteiger partial charge on any atom is 0.0622 e. The third kappa shape index (κ3) is 14.1. The van der Waals surface area contributed by atoms with Gasteiger partial charge in [-0.1, -0.05) is 277 Å². The Kier molecular flexibility index (Phi) is 21.8. The summed E-state index contributed by atoms with van der Waals surface area (Å²) in [4.78, 5) is 2.44. The van der Waals surface area contributed by atoms with Gasteiger partial charge in [0.05, 0.1) is 11.0 Å². The highest BCUT2D eigenvalue weighted by atomic mass is 15.1. The van der Waals surface area contributed by atoms with Crippen LogP contribution < -0.4 is 4.90 Å². The number of aryl methyl sites for hydroxylation is 5. The topological polar surface area (TPSA) is 8.17 Å². The van der Waals surface area contributed by atoms with Crippen LogP contribution in [-0.4, -0.2) is 4.57 Å². The van der Waals surface area contributed by atoms with Gasteiger partial charge in [0.2, 0.25) is 0 Å². The van der Waals surface area contributed by atoms with Gasteiger partial charge >= 0.3 is 0 Å². The average molecular weight is 1130 g/mol. The molecule has 0 amide bonds. The summed E-state index contributed by atoms with van der Waals surface area (Å²) >= 11 is 0. The van der Waals surface area contributed by atoms with Crippen molar-refractivity contribution in [1.29, 1.82) is 0 Å². The normalized spacial score (nSPS) is 12.6. The molecule has 2 nitrogen and oxygen atoms in total. The van der Waals surface area contributed by atoms with E-state index in [1.165, 1.54) is 254 Å². The van der Waals surface area contributed by atoms with Crippen molar-refractivity contribution >= 4 is 38.9 Å². The van der Waals surface area contributed by atoms with Crippen molar-refractivity contribution in [2.75, 3.05) is 4.90 Å². The maximum atomic E-state index is 2.80. The standard InChI is InChI=1S/C83H102N2/c1-8-13-18-22-24-30-57-83(58-31-25-23-19-14-9-2)77-56-55-74-73-35-28-29-36-79(73)85(82(74)81(77)75-54-39-63(7)59-78(75)83)80-61-68(33-26-20-15-10-3)76(60-69(80)34-27-21-16-11-4)67-46-52-72(53-47-67)84(70-48-37-62(6)38-49-70)71-50-44-66(45-51-71)65-42-40-64(41-43-65)32-17-12-5/h28-29,35-56,59-61H,8-27,30-34,57-58H2,1-7H3. The Labute approximate surface area is 514 Å². The first-order chi connectivity index (χ1) is 41.8. The first kappa shape index (κ1) is 61.4. The van der Waals surface area contributed by atoms with Gasteiger partial charge in [0, 0.05) is 44.5 Å². The van der Waals surface area contributed by atoms with Gasteiger partial charge in [-0.3, -0.25) is 0 Å². The second kappa shape index (κ2) is 30.1. The summed E-state index contributed by atoms with van der Waals surface area (Å²) in [6.07, 6.45) is 33.9. The Balaban J connectivity index is 1.11. The van der Waals surface area contributed by atoms with Gasteiger partial charge in [-0.05, 0) is 175 Å². The third-order valence-electron chi connectivity index (χ3n) is 19.3. The first-order valence-electron chi connectivity index (χ1n) is 34.3. The van der Waals surface area contributed by atoms with E-state index in [9.17, 15) is 0 Å². The lowest BCUT2D eigenvalue weighted by molar-refractivity contribution is 0.398. The molecule has 8 aromatic carbocycles. The van der Waals surface area contributed by atoms with Crippen LogP contribution in [-0.2, 0) is 24.7 Å². The SMILES string of the molecule is CCCCCCCCC1(CCCCCCCC)c2cc(C)ccc2-c2c1ccc1c3ccccc3n(-c3cc(CCCCCC)c(-c4ccc(N(c5ccc(C)cc5)c5ccc(-c6ccc(CCCC)cc6)cc5)cc4)cc3CCCCCC)c21. The molecule has 0 N–H and O–H groups in total. The number of nitrogens with zero attached hydrogens (tertiary/aromatic N) is 2. The predicted octanol–water partition coefficient (Wildman–Crippen LogP) is 25.6. The van der Waals surface area contributed by atoms with Crippen molar-refractivity contribution in [3.05, 3.63) is 203 Å². The van der Waals surface area contributed by atoms with Gasteiger partial charge in [0.25, 0.3) is 0 Å². The van der Waals surface area contributed by atoms with Gasteiger partial charge in [0.15, 0.2) is 0 Å². The molecular weight excluding hydrogens is 1020 g/mol. The molecule has 0 fully saturated rings. The van der Waals surface area contributed by atoms with Gasteiger partial charge < -0.3 is 9.47 Å². The molecule has 0 spiro atoms. The van der Waals surface area contributed by atoms with E-state index in [1.54, 1.807) is 11.1 Å². The number of aromatic nitrogens is 1. The van der Waals surface area contributed by atoms with Crippen molar-refractivity contribution in [2.45, 2.75) is 227 Å². The van der Waals surface area contributed by atoms with Crippen LogP contribution in [0.3, 0.4) is 0 Å². The number of anilines is 3. The number of fused-ring (bicyclic) bond motifs is 7. The zero-order valence-electron chi connectivity index (χ0n) is 53.6. The second-order valence-electron chi connectivity index (χ2n) is 25.7. The molecule has 0 saturated carbocycles. The second-order valence-corrected chi connectivity index (χ2v) is 25.7. The van der Waals surface area contributed by atoms with Gasteiger partial charge in [-0.25, -0.2) is 0 Å². The fourth-order valence-corrected chi connectivity index (χ4v) is 14.5. The summed E-state index contributed by atoms with van der Waals surface area (Å²) in [5.41, 5.74) is 26.0. The highest BCUT2D eigenvalue weighted by Crippen LogP contribution is 2.58. The molecule has 0 saturated heterocycles. The molecule has 10 rings (SSSR count). The van der Waals surface area contributed by atoms with Crippen molar-refractivity contribution in [3.8, 4) is 39.1 Å². The molecular formula is C83H102N2. The van der Waals surface area contributed by atoms with Crippen LogP contribution in [0, 0.1) is 13.8 Å². The molecule has 1 aliphatic carbocycles. The lowest BCUT2D eigenvalue weighted by Crippen LogP contribution is -2.25. The first-order valence-corrected chi connectivity index (χ1v) is 34.3. The van der Waals surface area contributed by atoms with E-state index in [0.717, 1.165) is 24.9 Å². The van der Waals surface area contributed by atoms with Crippen LogP contribution in [0.15, 0.2) is 164 Å². The minimum Gasteiger partial charge on any atom is -0.311 e. The summed E-state index contributed by atoms with van der Waals surface area (Å²) in [7, 11) is 0. The molecule has 0 aliphatic heterocycles. The van der Waals surface area contributed by atoms with Gasteiger partial charge in [0.1, 0.15) is 0 Å². The summed E-state index contributed by atoms with van der Waals surface area (Å²) in [5.74, 6) is 0. The van der Waals surface area contributed by atoms with Crippen LogP contribution in [0.2, 0.25) is 0 Å². The predicted molar refractivity (Wildman–Crippen MR) is 372 cm³/mol. The number of hydrogen-bond donors (Lipinski definition) is 0. The van der Waals surface area contributed by atoms with E-state index in [0.29, 0.717) is 0 Å². The quantitative estimate of drug-likeness (QED) is 0.0372. The maximum absolute atomic E-state index is 2.80. The Morgan fingerprint density at radius 1 is 0.365 bits per heavy atom. The van der Waals surface area contributed by atoms with Crippen LogP contribution in [0.4, 0.5) is 17.1 Å². The van der Waals surface area contributed by atoms with Crippen molar-refractivity contribution in [2.24, 2.45) is 0 Å². The third-order valence-corrected chi connectivity index (χ3v) is 19.3. The number of unbranched alkanes of at least 4 members (excludes halogenated alkanes) is 17. The molecule has 1 aliphatic rings. The Morgan fingerprint density at radius 3 is 1.47 bits per heavy atom. The van der Waals surface area contributed by atoms with E-state index in [1.807, 2.05) is 0 Å². The van der Waals surface area contributed by atoms with Crippen molar-refractivity contribution in [1.82, 2.24) is 4.57 Å². The largest absolute Gasteiger partial charge is 0.311 e. The number of rotatable bonds is 33. The lowest BCUT2D eigenvalue weighted by Gasteiger charge is -2.33. The highest BCUT2D eigenvalue weighted by molar-refractivity contribution is 6.16. The molecule has 0 unspecified atom stereocenters. The Bertz CT molecular complexity index is 3520. The van der Waals surface area contributed by atoms with Crippen LogP contribution in [0.1, 0.15) is 228 Å². The highest BCUT2D eigenvalue weighted by Gasteiger charge is 2.44. The van der Waals surface area contributed by atoms with Crippen LogP contribution in [0.5, 0.6) is 0 Å². The molecule has 0 atom stereocenters. The average Bonchev–Trinajstić information content (AvgIpc) is 1.63. The smallest absolute Gasteiger partial charge is 0.0622 e. The summed E-state index contributed by atoms with van der Waals surface area (Å²) in [6.45, 7) is 16.2. The van der Waals surface area contributed by atoms with Gasteiger partial charge in [-0.2, -0.15) is 0 Å². The summed E-state index contributed by atoms with van der Waals surface area (Å²) < 4.78 is 2.80. The van der Waals surface area contributed by atoms with Crippen molar-refractivity contribution < 1.29 is 0 Å². The number of hydrogen-bond acceptors (Lipinski definition) is 1. The molecule has 0 bridgehead atoms. The van der Waals surface area contributed by atoms with E-state index < -0.39 is 0 Å². The molecule has 1 aromatic heterocycles. The minimum absolute atomic E-state index is 0.00399. The fourth-order valence-electron chi connectivity index (χ4n) is 14.5. The molecule has 85 heavy (non-hydrogen) atoms. The monoisotopic (exact) mass is 1130 g/mol. The van der Waals surface area contributed by atoms with Crippen molar-refractivity contribution in [3.63, 3.8) is 0 Å². The van der Waals surface area contributed by atoms with Crippen LogP contribution >= 0.6 is 0 Å². The number of para-hydroxylation sites is 1. The van der Waals surface area contributed by atoms with Gasteiger partial charge in [-0.15, -0.1) is 0 Å². The molecule has 0 radical (unpaired) electrons. The molecule has 1 heterocycles.